The van der Waals surface area contributed by atoms with Gasteiger partial charge in [0.05, 0.1) is 16.8 Å². The summed E-state index contributed by atoms with van der Waals surface area (Å²) in [6.07, 6.45) is 0.752. The van der Waals surface area contributed by atoms with Gasteiger partial charge >= 0.3 is 5.97 Å². The van der Waals surface area contributed by atoms with Crippen LogP contribution in [0.15, 0.2) is 28.7 Å². The smallest absolute Gasteiger partial charge is 0.339 e. The van der Waals surface area contributed by atoms with Crippen LogP contribution in [0.2, 0.25) is 0 Å². The number of carboxylic acids is 1. The van der Waals surface area contributed by atoms with Gasteiger partial charge in [0.1, 0.15) is 11.3 Å². The maximum absolute atomic E-state index is 11.1. The summed E-state index contributed by atoms with van der Waals surface area (Å²) in [4.78, 5) is 11.1. The lowest BCUT2D eigenvalue weighted by Crippen LogP contribution is -2.09. The second-order valence-electron chi connectivity index (χ2n) is 4.71. The van der Waals surface area contributed by atoms with E-state index in [2.05, 4.69) is 21.0 Å². The van der Waals surface area contributed by atoms with E-state index in [4.69, 9.17) is 9.84 Å². The molecule has 1 heterocycles. The third-order valence-corrected chi connectivity index (χ3v) is 4.33. The summed E-state index contributed by atoms with van der Waals surface area (Å²) in [6, 6.07) is 6.66. The van der Waals surface area contributed by atoms with Crippen LogP contribution in [-0.2, 0) is 6.54 Å². The number of hydrogen-bond acceptors (Lipinski definition) is 3. The van der Waals surface area contributed by atoms with Crippen molar-refractivity contribution in [2.45, 2.75) is 26.8 Å². The Morgan fingerprint density at radius 1 is 1.38 bits per heavy atom. The topological polar surface area (TPSA) is 64.4 Å². The van der Waals surface area contributed by atoms with Gasteiger partial charge in [-0.25, -0.2) is 4.79 Å². The van der Waals surface area contributed by atoms with Gasteiger partial charge in [-0.05, 0) is 41.9 Å². The molecule has 21 heavy (non-hydrogen) atoms. The molecule has 1 N–H and O–H groups in total. The van der Waals surface area contributed by atoms with E-state index in [1.165, 1.54) is 6.07 Å². The predicted molar refractivity (Wildman–Crippen MR) is 82.9 cm³/mol. The van der Waals surface area contributed by atoms with Crippen molar-refractivity contribution in [1.29, 1.82) is 0 Å². The largest absolute Gasteiger partial charge is 0.493 e. The van der Waals surface area contributed by atoms with Crippen molar-refractivity contribution in [3.05, 3.63) is 45.7 Å². The molecule has 112 valence electrons. The lowest BCUT2D eigenvalue weighted by Gasteiger charge is -2.09. The van der Waals surface area contributed by atoms with Crippen LogP contribution in [0.5, 0.6) is 5.75 Å². The maximum Gasteiger partial charge on any atom is 0.339 e. The molecule has 0 saturated heterocycles. The highest BCUT2D eigenvalue weighted by molar-refractivity contribution is 9.10. The third-order valence-electron chi connectivity index (χ3n) is 3.18. The van der Waals surface area contributed by atoms with E-state index < -0.39 is 5.97 Å². The van der Waals surface area contributed by atoms with Gasteiger partial charge in [0, 0.05) is 18.7 Å². The minimum absolute atomic E-state index is 0.186. The molecule has 1 aromatic heterocycles. The maximum atomic E-state index is 11.1. The molecule has 2 rings (SSSR count). The van der Waals surface area contributed by atoms with Crippen LogP contribution in [-0.4, -0.2) is 27.5 Å². The van der Waals surface area contributed by atoms with Crippen molar-refractivity contribution in [2.75, 3.05) is 6.61 Å². The Balaban J connectivity index is 1.91. The van der Waals surface area contributed by atoms with Crippen LogP contribution in [0.25, 0.3) is 0 Å². The molecule has 0 radical (unpaired) electrons. The molecule has 0 atom stereocenters. The van der Waals surface area contributed by atoms with E-state index in [1.807, 2.05) is 18.5 Å². The number of hydrogen-bond donors (Lipinski definition) is 1. The SMILES string of the molecule is Cc1nn(CCCOc2ccccc2C(=O)O)c(C)c1Br. The third kappa shape index (κ3) is 3.64. The second kappa shape index (κ2) is 6.76. The van der Waals surface area contributed by atoms with Gasteiger partial charge in [-0.15, -0.1) is 0 Å². The molecule has 0 saturated carbocycles. The molecule has 1 aromatic carbocycles. The number of aromatic carboxylic acids is 1. The van der Waals surface area contributed by atoms with Crippen LogP contribution in [0.3, 0.4) is 0 Å². The molecule has 0 spiro atoms. The lowest BCUT2D eigenvalue weighted by molar-refractivity contribution is 0.0692. The minimum Gasteiger partial charge on any atom is -0.493 e. The highest BCUT2D eigenvalue weighted by atomic mass is 79.9. The fourth-order valence-electron chi connectivity index (χ4n) is 2.06. The Morgan fingerprint density at radius 3 is 2.71 bits per heavy atom. The summed E-state index contributed by atoms with van der Waals surface area (Å²) in [7, 11) is 0. The average molecular weight is 353 g/mol. The fraction of sp³-hybridized carbons (Fsp3) is 0.333. The number of ether oxygens (including phenoxy) is 1. The number of benzene rings is 1. The van der Waals surface area contributed by atoms with Crippen molar-refractivity contribution in [3.63, 3.8) is 0 Å². The monoisotopic (exact) mass is 352 g/mol. The average Bonchev–Trinajstić information content (AvgIpc) is 2.71. The van der Waals surface area contributed by atoms with Gasteiger partial charge in [-0.3, -0.25) is 4.68 Å². The zero-order chi connectivity index (χ0) is 15.4. The molecule has 0 aliphatic heterocycles. The summed E-state index contributed by atoms with van der Waals surface area (Å²) >= 11 is 3.49. The molecular formula is C15H17BrN2O3. The molecule has 0 amide bonds. The summed E-state index contributed by atoms with van der Waals surface area (Å²) in [5.41, 5.74) is 2.23. The molecule has 0 aliphatic rings. The van der Waals surface area contributed by atoms with Crippen LogP contribution in [0.1, 0.15) is 28.2 Å². The molecule has 2 aromatic rings. The van der Waals surface area contributed by atoms with E-state index in [-0.39, 0.29) is 5.56 Å². The molecule has 0 fully saturated rings. The standard InChI is InChI=1S/C15H17BrN2O3/c1-10-14(16)11(2)18(17-10)8-5-9-21-13-7-4-3-6-12(13)15(19)20/h3-4,6-7H,5,8-9H2,1-2H3,(H,19,20). The fourth-order valence-corrected chi connectivity index (χ4v) is 2.34. The van der Waals surface area contributed by atoms with Crippen molar-refractivity contribution in [2.24, 2.45) is 0 Å². The van der Waals surface area contributed by atoms with Crippen LogP contribution < -0.4 is 4.74 Å². The molecule has 0 bridgehead atoms. The van der Waals surface area contributed by atoms with Gasteiger partial charge < -0.3 is 9.84 Å². The number of nitrogens with zero attached hydrogens (tertiary/aromatic N) is 2. The minimum atomic E-state index is -0.979. The summed E-state index contributed by atoms with van der Waals surface area (Å²) in [5.74, 6) is -0.576. The normalized spacial score (nSPS) is 10.6. The van der Waals surface area contributed by atoms with Crippen LogP contribution in [0.4, 0.5) is 0 Å². The first-order chi connectivity index (χ1) is 10.0. The molecule has 0 aliphatic carbocycles. The van der Waals surface area contributed by atoms with E-state index in [1.54, 1.807) is 18.2 Å². The Kier molecular flexibility index (Phi) is 5.01. The number of rotatable bonds is 6. The Morgan fingerprint density at radius 2 is 2.10 bits per heavy atom. The number of carbonyl (C=O) groups is 1. The van der Waals surface area contributed by atoms with Crippen LogP contribution in [0, 0.1) is 13.8 Å². The quantitative estimate of drug-likeness (QED) is 0.808. The van der Waals surface area contributed by atoms with Gasteiger partial charge in [0.25, 0.3) is 0 Å². The lowest BCUT2D eigenvalue weighted by atomic mass is 10.2. The Labute approximate surface area is 131 Å². The predicted octanol–water partition coefficient (Wildman–Crippen LogP) is 3.43. The van der Waals surface area contributed by atoms with E-state index >= 15 is 0 Å². The molecule has 0 unspecified atom stereocenters. The molecule has 6 heteroatoms. The molecule has 5 nitrogen and oxygen atoms in total. The summed E-state index contributed by atoms with van der Waals surface area (Å²) in [6.45, 7) is 5.13. The number of aryl methyl sites for hydroxylation is 2. The van der Waals surface area contributed by atoms with Crippen molar-refractivity contribution in [1.82, 2.24) is 9.78 Å². The zero-order valence-electron chi connectivity index (χ0n) is 12.0. The second-order valence-corrected chi connectivity index (χ2v) is 5.50. The van der Waals surface area contributed by atoms with Crippen molar-refractivity contribution >= 4 is 21.9 Å². The van der Waals surface area contributed by atoms with Gasteiger partial charge in [0.15, 0.2) is 0 Å². The highest BCUT2D eigenvalue weighted by Crippen LogP contribution is 2.20. The van der Waals surface area contributed by atoms with E-state index in [9.17, 15) is 4.79 Å². The van der Waals surface area contributed by atoms with Crippen molar-refractivity contribution < 1.29 is 14.6 Å². The first kappa shape index (κ1) is 15.6. The summed E-state index contributed by atoms with van der Waals surface area (Å²) < 4.78 is 8.51. The molecular weight excluding hydrogens is 336 g/mol. The van der Waals surface area contributed by atoms with Gasteiger partial charge in [0.2, 0.25) is 0 Å². The van der Waals surface area contributed by atoms with E-state index in [0.29, 0.717) is 12.4 Å². The number of carboxylic acid groups (broad SMARTS) is 1. The van der Waals surface area contributed by atoms with Crippen molar-refractivity contribution in [3.8, 4) is 5.75 Å². The first-order valence-corrected chi connectivity index (χ1v) is 7.44. The van der Waals surface area contributed by atoms with Gasteiger partial charge in [-0.1, -0.05) is 12.1 Å². The van der Waals surface area contributed by atoms with Crippen LogP contribution >= 0.6 is 15.9 Å². The zero-order valence-corrected chi connectivity index (χ0v) is 13.6. The Bertz CT molecular complexity index is 652. The number of halogens is 1. The first-order valence-electron chi connectivity index (χ1n) is 6.65. The number of para-hydroxylation sites is 1. The van der Waals surface area contributed by atoms with Gasteiger partial charge in [-0.2, -0.15) is 5.10 Å². The Hall–Kier alpha value is -1.82. The summed E-state index contributed by atoms with van der Waals surface area (Å²) in [5, 5.41) is 13.5. The van der Waals surface area contributed by atoms with E-state index in [0.717, 1.165) is 28.8 Å². The number of aromatic nitrogens is 2. The highest BCUT2D eigenvalue weighted by Gasteiger charge is 2.11.